The second kappa shape index (κ2) is 6.06. The maximum atomic E-state index is 11.3. The fourth-order valence-electron chi connectivity index (χ4n) is 1.10. The zero-order valence-corrected chi connectivity index (χ0v) is 9.99. The Bertz CT molecular complexity index is 451. The van der Waals surface area contributed by atoms with Gasteiger partial charge < -0.3 is 10.4 Å². The second-order valence-electron chi connectivity index (χ2n) is 3.48. The number of carbonyl (C=O) groups is 2. The summed E-state index contributed by atoms with van der Waals surface area (Å²) in [5, 5.41) is 11.8. The molecule has 0 saturated carbocycles. The molecule has 5 heteroatoms. The lowest BCUT2D eigenvalue weighted by Crippen LogP contribution is -2.21. The third kappa shape index (κ3) is 4.70. The Balaban J connectivity index is 2.51. The molecule has 2 N–H and O–H groups in total. The van der Waals surface area contributed by atoms with Gasteiger partial charge in [-0.25, -0.2) is 4.79 Å². The molecule has 0 fully saturated rings. The van der Waals surface area contributed by atoms with Gasteiger partial charge in [-0.3, -0.25) is 4.79 Å². The lowest BCUT2D eigenvalue weighted by molar-refractivity contribution is -0.133. The first-order valence-corrected chi connectivity index (χ1v) is 5.30. The van der Waals surface area contributed by atoms with E-state index in [1.807, 2.05) is 0 Å². The Hall–Kier alpha value is -1.81. The molecule has 1 aromatic rings. The normalized spacial score (nSPS) is 11.1. The quantitative estimate of drug-likeness (QED) is 0.807. The van der Waals surface area contributed by atoms with Gasteiger partial charge in [0.15, 0.2) is 0 Å². The first-order chi connectivity index (χ1) is 7.99. The lowest BCUT2D eigenvalue weighted by atomic mass is 10.2. The Labute approximate surface area is 104 Å². The van der Waals surface area contributed by atoms with Crippen LogP contribution in [0.2, 0.25) is 5.02 Å². The second-order valence-corrected chi connectivity index (χ2v) is 3.91. The number of amides is 1. The number of hydrogen-bond donors (Lipinski definition) is 2. The molecular formula is C12H12ClNO3. The van der Waals surface area contributed by atoms with E-state index in [1.165, 1.54) is 6.92 Å². The molecule has 0 aliphatic carbocycles. The molecule has 0 radical (unpaired) electrons. The van der Waals surface area contributed by atoms with Gasteiger partial charge in [0.25, 0.3) is 0 Å². The Morgan fingerprint density at radius 3 is 2.47 bits per heavy atom. The number of carboxylic acids is 1. The van der Waals surface area contributed by atoms with Crippen LogP contribution in [-0.4, -0.2) is 17.0 Å². The molecule has 0 heterocycles. The van der Waals surface area contributed by atoms with E-state index >= 15 is 0 Å². The van der Waals surface area contributed by atoms with E-state index in [9.17, 15) is 9.59 Å². The minimum absolute atomic E-state index is 0.00129. The molecule has 0 unspecified atom stereocenters. The van der Waals surface area contributed by atoms with E-state index in [0.717, 1.165) is 11.6 Å². The van der Waals surface area contributed by atoms with Crippen molar-refractivity contribution in [3.8, 4) is 0 Å². The Morgan fingerprint density at radius 1 is 1.35 bits per heavy atom. The zero-order chi connectivity index (χ0) is 12.8. The van der Waals surface area contributed by atoms with E-state index in [-0.39, 0.29) is 5.57 Å². The van der Waals surface area contributed by atoms with Crippen molar-refractivity contribution in [1.82, 2.24) is 5.32 Å². The van der Waals surface area contributed by atoms with Crippen LogP contribution >= 0.6 is 11.6 Å². The van der Waals surface area contributed by atoms with E-state index in [4.69, 9.17) is 16.7 Å². The predicted molar refractivity (Wildman–Crippen MR) is 64.7 cm³/mol. The highest BCUT2D eigenvalue weighted by molar-refractivity contribution is 6.30. The highest BCUT2D eigenvalue weighted by Gasteiger charge is 2.03. The summed E-state index contributed by atoms with van der Waals surface area (Å²) in [6.45, 7) is 1.70. The van der Waals surface area contributed by atoms with Crippen LogP contribution in [0.25, 0.3) is 0 Å². The van der Waals surface area contributed by atoms with Crippen molar-refractivity contribution in [2.24, 2.45) is 0 Å². The standard InChI is InChI=1S/C12H12ClNO3/c1-8(12(16)17)6-11(15)14-7-9-2-4-10(13)5-3-9/h2-6H,7H2,1H3,(H,14,15)(H,16,17)/b8-6-. The van der Waals surface area contributed by atoms with E-state index in [2.05, 4.69) is 5.32 Å². The summed E-state index contributed by atoms with van der Waals surface area (Å²) in [6.07, 6.45) is 1.05. The van der Waals surface area contributed by atoms with Crippen molar-refractivity contribution in [3.05, 3.63) is 46.5 Å². The molecule has 0 spiro atoms. The SMILES string of the molecule is C/C(=C/C(=O)NCc1ccc(Cl)cc1)C(=O)O. The van der Waals surface area contributed by atoms with Gasteiger partial charge in [-0.2, -0.15) is 0 Å². The number of benzene rings is 1. The number of halogens is 1. The molecule has 4 nitrogen and oxygen atoms in total. The maximum Gasteiger partial charge on any atom is 0.331 e. The van der Waals surface area contributed by atoms with Gasteiger partial charge in [0.2, 0.25) is 5.91 Å². The fourth-order valence-corrected chi connectivity index (χ4v) is 1.23. The van der Waals surface area contributed by atoms with Crippen molar-refractivity contribution >= 4 is 23.5 Å². The molecule has 0 atom stereocenters. The summed E-state index contributed by atoms with van der Waals surface area (Å²) in [7, 11) is 0. The molecule has 1 aromatic carbocycles. The molecule has 0 bridgehead atoms. The highest BCUT2D eigenvalue weighted by Crippen LogP contribution is 2.09. The molecule has 0 aliphatic rings. The molecule has 1 rings (SSSR count). The molecule has 17 heavy (non-hydrogen) atoms. The average molecular weight is 254 g/mol. The number of carbonyl (C=O) groups excluding carboxylic acids is 1. The van der Waals surface area contributed by atoms with Crippen LogP contribution in [0.15, 0.2) is 35.9 Å². The molecule has 0 saturated heterocycles. The number of aliphatic carboxylic acids is 1. The van der Waals surface area contributed by atoms with Gasteiger partial charge >= 0.3 is 5.97 Å². The predicted octanol–water partition coefficient (Wildman–Crippen LogP) is 1.99. The number of nitrogens with one attached hydrogen (secondary N) is 1. The first-order valence-electron chi connectivity index (χ1n) is 4.93. The summed E-state index contributed by atoms with van der Waals surface area (Å²) in [4.78, 5) is 21.8. The first kappa shape index (κ1) is 13.3. The summed E-state index contributed by atoms with van der Waals surface area (Å²) >= 11 is 5.72. The highest BCUT2D eigenvalue weighted by atomic mass is 35.5. The minimum Gasteiger partial charge on any atom is -0.478 e. The van der Waals surface area contributed by atoms with Crippen molar-refractivity contribution in [2.75, 3.05) is 0 Å². The van der Waals surface area contributed by atoms with Crippen LogP contribution in [0.1, 0.15) is 12.5 Å². The van der Waals surface area contributed by atoms with E-state index in [0.29, 0.717) is 11.6 Å². The van der Waals surface area contributed by atoms with Crippen LogP contribution in [0, 0.1) is 0 Å². The van der Waals surface area contributed by atoms with Crippen molar-refractivity contribution in [3.63, 3.8) is 0 Å². The van der Waals surface area contributed by atoms with E-state index in [1.54, 1.807) is 24.3 Å². The van der Waals surface area contributed by atoms with Gasteiger partial charge in [0.05, 0.1) is 0 Å². The summed E-state index contributed by atoms with van der Waals surface area (Å²) in [5.74, 6) is -1.54. The molecule has 0 aliphatic heterocycles. The maximum absolute atomic E-state index is 11.3. The van der Waals surface area contributed by atoms with Crippen LogP contribution in [0.5, 0.6) is 0 Å². The Morgan fingerprint density at radius 2 is 1.94 bits per heavy atom. The van der Waals surface area contributed by atoms with Crippen molar-refractivity contribution in [1.29, 1.82) is 0 Å². The molecular weight excluding hydrogens is 242 g/mol. The average Bonchev–Trinajstić information content (AvgIpc) is 2.28. The summed E-state index contributed by atoms with van der Waals surface area (Å²) < 4.78 is 0. The van der Waals surface area contributed by atoms with Gasteiger partial charge in [-0.1, -0.05) is 23.7 Å². The van der Waals surface area contributed by atoms with Crippen molar-refractivity contribution in [2.45, 2.75) is 13.5 Å². The largest absolute Gasteiger partial charge is 0.478 e. The molecule has 1 amide bonds. The number of rotatable bonds is 4. The van der Waals surface area contributed by atoms with Crippen LogP contribution in [0.3, 0.4) is 0 Å². The smallest absolute Gasteiger partial charge is 0.331 e. The van der Waals surface area contributed by atoms with Crippen LogP contribution < -0.4 is 5.32 Å². The topological polar surface area (TPSA) is 66.4 Å². The monoisotopic (exact) mass is 253 g/mol. The summed E-state index contributed by atoms with van der Waals surface area (Å²) in [6, 6.07) is 7.02. The van der Waals surface area contributed by atoms with Crippen LogP contribution in [-0.2, 0) is 16.1 Å². The third-order valence-electron chi connectivity index (χ3n) is 2.06. The summed E-state index contributed by atoms with van der Waals surface area (Å²) in [5.41, 5.74) is 0.891. The Kier molecular flexibility index (Phi) is 4.72. The zero-order valence-electron chi connectivity index (χ0n) is 9.24. The van der Waals surface area contributed by atoms with Crippen LogP contribution in [0.4, 0.5) is 0 Å². The van der Waals surface area contributed by atoms with Gasteiger partial charge in [0, 0.05) is 23.2 Å². The minimum atomic E-state index is -1.10. The lowest BCUT2D eigenvalue weighted by Gasteiger charge is -2.03. The number of hydrogen-bond acceptors (Lipinski definition) is 2. The number of carboxylic acid groups (broad SMARTS) is 1. The fraction of sp³-hybridized carbons (Fsp3) is 0.167. The molecule has 0 aromatic heterocycles. The van der Waals surface area contributed by atoms with E-state index < -0.39 is 11.9 Å². The molecule has 90 valence electrons. The van der Waals surface area contributed by atoms with Crippen molar-refractivity contribution < 1.29 is 14.7 Å². The third-order valence-corrected chi connectivity index (χ3v) is 2.32. The van der Waals surface area contributed by atoms with Gasteiger partial charge in [-0.05, 0) is 24.6 Å². The van der Waals surface area contributed by atoms with Gasteiger partial charge in [-0.15, -0.1) is 0 Å². The van der Waals surface area contributed by atoms with Gasteiger partial charge in [0.1, 0.15) is 0 Å².